The number of aryl methyl sites for hydroxylation is 2. The normalized spacial score (nSPS) is 10.2. The molecule has 0 aliphatic heterocycles. The van der Waals surface area contributed by atoms with E-state index in [2.05, 4.69) is 54.6 Å². The third-order valence-electron chi connectivity index (χ3n) is 3.46. The molecule has 0 saturated heterocycles. The number of hydrogen-bond donors (Lipinski definition) is 0. The molecular weight excluding hydrogens is 230 g/mol. The summed E-state index contributed by atoms with van der Waals surface area (Å²) in [5, 5.41) is 1.28. The van der Waals surface area contributed by atoms with Crippen LogP contribution in [0.4, 0.5) is 0 Å². The summed E-state index contributed by atoms with van der Waals surface area (Å²) < 4.78 is 2.17. The van der Waals surface area contributed by atoms with Gasteiger partial charge < -0.3 is 4.57 Å². The van der Waals surface area contributed by atoms with E-state index >= 15 is 0 Å². The van der Waals surface area contributed by atoms with Crippen molar-refractivity contribution in [2.75, 3.05) is 0 Å². The molecule has 0 aliphatic carbocycles. The lowest BCUT2D eigenvalue weighted by molar-refractivity contribution is 0.945. The molecular formula is C18H15N. The largest absolute Gasteiger partial charge is 0.337 e. The molecule has 0 bridgehead atoms. The number of benzene rings is 2. The van der Waals surface area contributed by atoms with Gasteiger partial charge in [-0.1, -0.05) is 42.3 Å². The number of nitrogens with zero attached hydrogens (tertiary/aromatic N) is 1. The van der Waals surface area contributed by atoms with Gasteiger partial charge in [-0.25, -0.2) is 0 Å². The highest BCUT2D eigenvalue weighted by Gasteiger charge is 2.08. The molecule has 0 N–H and O–H groups in total. The molecule has 2 aromatic carbocycles. The average molecular weight is 245 g/mol. The fourth-order valence-electron chi connectivity index (χ4n) is 2.41. The van der Waals surface area contributed by atoms with Gasteiger partial charge in [0.05, 0.1) is 5.69 Å². The Morgan fingerprint density at radius 3 is 2.26 bits per heavy atom. The van der Waals surface area contributed by atoms with Crippen LogP contribution in [0.5, 0.6) is 0 Å². The second-order valence-corrected chi connectivity index (χ2v) is 4.67. The molecule has 92 valence electrons. The fraction of sp³-hybridized carbons (Fsp3) is 0.111. The van der Waals surface area contributed by atoms with Crippen LogP contribution in [0.25, 0.3) is 10.9 Å². The Morgan fingerprint density at radius 2 is 1.53 bits per heavy atom. The lowest BCUT2D eigenvalue weighted by Crippen LogP contribution is -1.92. The third-order valence-corrected chi connectivity index (χ3v) is 3.46. The Balaban J connectivity index is 2.15. The van der Waals surface area contributed by atoms with Crippen LogP contribution < -0.4 is 0 Å². The van der Waals surface area contributed by atoms with Crippen molar-refractivity contribution in [1.29, 1.82) is 0 Å². The first kappa shape index (κ1) is 11.6. The molecule has 0 saturated carbocycles. The van der Waals surface area contributed by atoms with Crippen LogP contribution in [-0.4, -0.2) is 4.57 Å². The van der Waals surface area contributed by atoms with Crippen LogP contribution in [0.3, 0.4) is 0 Å². The minimum Gasteiger partial charge on any atom is -0.337 e. The van der Waals surface area contributed by atoms with Gasteiger partial charge in [0.2, 0.25) is 0 Å². The molecule has 0 spiro atoms. The SMILES string of the molecule is Cc1c(C#Cc2ccccc2)n(C)c2ccccc12. The lowest BCUT2D eigenvalue weighted by Gasteiger charge is -1.97. The van der Waals surface area contributed by atoms with E-state index in [1.807, 2.05) is 30.3 Å². The zero-order chi connectivity index (χ0) is 13.2. The van der Waals surface area contributed by atoms with Crippen molar-refractivity contribution in [3.63, 3.8) is 0 Å². The molecule has 1 nitrogen and oxygen atoms in total. The van der Waals surface area contributed by atoms with Crippen LogP contribution in [-0.2, 0) is 7.05 Å². The first-order chi connectivity index (χ1) is 9.27. The maximum Gasteiger partial charge on any atom is 0.0961 e. The highest BCUT2D eigenvalue weighted by Crippen LogP contribution is 2.23. The van der Waals surface area contributed by atoms with Crippen LogP contribution in [0.15, 0.2) is 54.6 Å². The number of aromatic nitrogens is 1. The zero-order valence-electron chi connectivity index (χ0n) is 11.1. The maximum absolute atomic E-state index is 3.30. The first-order valence-electron chi connectivity index (χ1n) is 6.38. The van der Waals surface area contributed by atoms with Gasteiger partial charge in [-0.3, -0.25) is 0 Å². The molecule has 0 unspecified atom stereocenters. The molecule has 1 aromatic heterocycles. The van der Waals surface area contributed by atoms with Gasteiger partial charge in [-0.2, -0.15) is 0 Å². The predicted octanol–water partition coefficient (Wildman–Crippen LogP) is 3.89. The average Bonchev–Trinajstić information content (AvgIpc) is 2.71. The summed E-state index contributed by atoms with van der Waals surface area (Å²) >= 11 is 0. The minimum absolute atomic E-state index is 1.05. The van der Waals surface area contributed by atoms with Crippen molar-refractivity contribution in [3.8, 4) is 11.8 Å². The van der Waals surface area contributed by atoms with E-state index in [1.54, 1.807) is 0 Å². The van der Waals surface area contributed by atoms with Gasteiger partial charge >= 0.3 is 0 Å². The van der Waals surface area contributed by atoms with Gasteiger partial charge in [0.25, 0.3) is 0 Å². The maximum atomic E-state index is 3.30. The molecule has 1 heteroatoms. The third kappa shape index (κ3) is 2.02. The molecule has 3 rings (SSSR count). The van der Waals surface area contributed by atoms with E-state index in [0.717, 1.165) is 11.3 Å². The summed E-state index contributed by atoms with van der Waals surface area (Å²) in [6.45, 7) is 2.14. The van der Waals surface area contributed by atoms with Crippen LogP contribution in [0.1, 0.15) is 16.8 Å². The Bertz CT molecular complexity index is 744. The molecule has 0 aliphatic rings. The van der Waals surface area contributed by atoms with Crippen molar-refractivity contribution < 1.29 is 0 Å². The van der Waals surface area contributed by atoms with Gasteiger partial charge in [0.15, 0.2) is 0 Å². The van der Waals surface area contributed by atoms with Crippen molar-refractivity contribution >= 4 is 10.9 Å². The molecule has 0 radical (unpaired) electrons. The Morgan fingerprint density at radius 1 is 0.842 bits per heavy atom. The minimum atomic E-state index is 1.05. The van der Waals surface area contributed by atoms with Crippen LogP contribution in [0, 0.1) is 18.8 Å². The van der Waals surface area contributed by atoms with Crippen molar-refractivity contribution in [3.05, 3.63) is 71.4 Å². The molecule has 0 fully saturated rings. The van der Waals surface area contributed by atoms with Crippen molar-refractivity contribution in [2.45, 2.75) is 6.92 Å². The second-order valence-electron chi connectivity index (χ2n) is 4.67. The van der Waals surface area contributed by atoms with E-state index in [0.29, 0.717) is 0 Å². The van der Waals surface area contributed by atoms with Gasteiger partial charge in [0.1, 0.15) is 0 Å². The molecule has 0 amide bonds. The standard InChI is InChI=1S/C18H15N/c1-14-16-10-6-7-11-18(16)19(2)17(14)13-12-15-8-4-3-5-9-15/h3-11H,1-2H3. The number of para-hydroxylation sites is 1. The van der Waals surface area contributed by atoms with E-state index in [9.17, 15) is 0 Å². The number of rotatable bonds is 0. The summed E-state index contributed by atoms with van der Waals surface area (Å²) in [5.41, 5.74) is 4.62. The molecule has 19 heavy (non-hydrogen) atoms. The highest BCUT2D eigenvalue weighted by atomic mass is 14.9. The summed E-state index contributed by atoms with van der Waals surface area (Å²) in [4.78, 5) is 0. The van der Waals surface area contributed by atoms with E-state index in [4.69, 9.17) is 0 Å². The highest BCUT2D eigenvalue weighted by molar-refractivity contribution is 5.86. The van der Waals surface area contributed by atoms with Crippen LogP contribution in [0.2, 0.25) is 0 Å². The second kappa shape index (κ2) is 4.66. The molecule has 0 atom stereocenters. The summed E-state index contributed by atoms with van der Waals surface area (Å²) in [6.07, 6.45) is 0. The first-order valence-corrected chi connectivity index (χ1v) is 6.38. The lowest BCUT2D eigenvalue weighted by atomic mass is 10.1. The fourth-order valence-corrected chi connectivity index (χ4v) is 2.41. The quantitative estimate of drug-likeness (QED) is 0.530. The van der Waals surface area contributed by atoms with E-state index in [1.165, 1.54) is 16.5 Å². The summed E-state index contributed by atoms with van der Waals surface area (Å²) in [5.74, 6) is 6.53. The Labute approximate surface area is 113 Å². The molecule has 3 aromatic rings. The monoisotopic (exact) mass is 245 g/mol. The van der Waals surface area contributed by atoms with Gasteiger partial charge in [0, 0.05) is 23.5 Å². The predicted molar refractivity (Wildman–Crippen MR) is 80.1 cm³/mol. The van der Waals surface area contributed by atoms with E-state index < -0.39 is 0 Å². The van der Waals surface area contributed by atoms with Crippen LogP contribution >= 0.6 is 0 Å². The Kier molecular flexibility index (Phi) is 2.85. The van der Waals surface area contributed by atoms with E-state index in [-0.39, 0.29) is 0 Å². The topological polar surface area (TPSA) is 4.93 Å². The molecule has 1 heterocycles. The summed E-state index contributed by atoms with van der Waals surface area (Å²) in [7, 11) is 2.07. The van der Waals surface area contributed by atoms with Crippen molar-refractivity contribution in [1.82, 2.24) is 4.57 Å². The summed E-state index contributed by atoms with van der Waals surface area (Å²) in [6, 6.07) is 18.5. The zero-order valence-corrected chi connectivity index (χ0v) is 11.1. The number of fused-ring (bicyclic) bond motifs is 1. The smallest absolute Gasteiger partial charge is 0.0961 e. The Hall–Kier alpha value is -2.46. The number of hydrogen-bond acceptors (Lipinski definition) is 0. The van der Waals surface area contributed by atoms with Gasteiger partial charge in [-0.15, -0.1) is 0 Å². The van der Waals surface area contributed by atoms with Gasteiger partial charge in [-0.05, 0) is 36.6 Å². The van der Waals surface area contributed by atoms with Crippen molar-refractivity contribution in [2.24, 2.45) is 7.05 Å².